The smallest absolute Gasteiger partial charge is 0.0623 e. The van der Waals surface area contributed by atoms with Gasteiger partial charge in [0.1, 0.15) is 0 Å². The molecule has 0 amide bonds. The maximum Gasteiger partial charge on any atom is 0.0623 e. The second-order valence-corrected chi connectivity index (χ2v) is 6.72. The molecule has 0 aromatic heterocycles. The van der Waals surface area contributed by atoms with E-state index in [1.165, 1.54) is 0 Å². The topological polar surface area (TPSA) is 38.7 Å². The van der Waals surface area contributed by atoms with E-state index in [-0.39, 0.29) is 12.1 Å². The molecule has 18 heavy (non-hydrogen) atoms. The lowest BCUT2D eigenvalue weighted by Gasteiger charge is -2.35. The summed E-state index contributed by atoms with van der Waals surface area (Å²) >= 11 is 0. The van der Waals surface area contributed by atoms with E-state index in [0.29, 0.717) is 18.0 Å². The van der Waals surface area contributed by atoms with Crippen LogP contribution in [0.5, 0.6) is 0 Å². The molecule has 1 aliphatic rings. The van der Waals surface area contributed by atoms with Crippen molar-refractivity contribution in [3.63, 3.8) is 0 Å². The van der Waals surface area contributed by atoms with Crippen molar-refractivity contribution in [2.75, 3.05) is 40.3 Å². The molecule has 1 rings (SSSR count). The number of likely N-dealkylation sites (N-methyl/N-ethyl adjacent to an activating group) is 1. The minimum Gasteiger partial charge on any atom is -0.394 e. The van der Waals surface area contributed by atoms with Crippen LogP contribution in [0.4, 0.5) is 0 Å². The summed E-state index contributed by atoms with van der Waals surface area (Å²) in [6, 6.07) is 1.03. The fourth-order valence-corrected chi connectivity index (χ4v) is 3.18. The highest BCUT2D eigenvalue weighted by Gasteiger charge is 2.35. The highest BCUT2D eigenvalue weighted by Crippen LogP contribution is 2.22. The van der Waals surface area contributed by atoms with Crippen LogP contribution in [-0.4, -0.2) is 72.9 Å². The first-order chi connectivity index (χ1) is 8.27. The Labute approximate surface area is 112 Å². The van der Waals surface area contributed by atoms with E-state index >= 15 is 0 Å². The predicted octanol–water partition coefficient (Wildman–Crippen LogP) is 0.617. The van der Waals surface area contributed by atoms with E-state index in [1.54, 1.807) is 0 Å². The molecule has 0 spiro atoms. The quantitative estimate of drug-likeness (QED) is 0.731. The van der Waals surface area contributed by atoms with Gasteiger partial charge in [-0.05, 0) is 26.9 Å². The van der Waals surface area contributed by atoms with E-state index in [4.69, 9.17) is 0 Å². The third-order valence-electron chi connectivity index (χ3n) is 3.87. The summed E-state index contributed by atoms with van der Waals surface area (Å²) in [6.07, 6.45) is 0. The van der Waals surface area contributed by atoms with Gasteiger partial charge in [0.25, 0.3) is 0 Å². The van der Waals surface area contributed by atoms with E-state index in [2.05, 4.69) is 56.9 Å². The summed E-state index contributed by atoms with van der Waals surface area (Å²) in [7, 11) is 4.31. The van der Waals surface area contributed by atoms with Crippen LogP contribution in [0.1, 0.15) is 27.7 Å². The molecule has 0 radical (unpaired) electrons. The highest BCUT2D eigenvalue weighted by atomic mass is 16.3. The first-order valence-corrected chi connectivity index (χ1v) is 7.05. The zero-order valence-electron chi connectivity index (χ0n) is 12.9. The predicted molar refractivity (Wildman–Crippen MR) is 76.8 cm³/mol. The third-order valence-corrected chi connectivity index (χ3v) is 3.87. The Hall–Kier alpha value is -0.160. The van der Waals surface area contributed by atoms with Gasteiger partial charge < -0.3 is 15.3 Å². The molecule has 4 heteroatoms. The number of aliphatic hydroxyl groups excluding tert-OH is 1. The normalized spacial score (nSPS) is 29.2. The van der Waals surface area contributed by atoms with Crippen LogP contribution < -0.4 is 5.32 Å². The molecular weight excluding hydrogens is 226 g/mol. The Balaban J connectivity index is 2.57. The average molecular weight is 257 g/mol. The van der Waals surface area contributed by atoms with Gasteiger partial charge >= 0.3 is 0 Å². The molecule has 0 aliphatic carbocycles. The lowest BCUT2D eigenvalue weighted by molar-refractivity contribution is 0.120. The first kappa shape index (κ1) is 15.9. The summed E-state index contributed by atoms with van der Waals surface area (Å²) in [5.74, 6) is 0.696. The van der Waals surface area contributed by atoms with Crippen LogP contribution in [0, 0.1) is 5.92 Å². The van der Waals surface area contributed by atoms with Crippen LogP contribution in [0.2, 0.25) is 0 Å². The molecule has 3 unspecified atom stereocenters. The largest absolute Gasteiger partial charge is 0.394 e. The number of aliphatic hydroxyl groups is 1. The number of nitrogens with zero attached hydrogens (tertiary/aromatic N) is 2. The molecule has 3 atom stereocenters. The third kappa shape index (κ3) is 4.19. The van der Waals surface area contributed by atoms with Gasteiger partial charge in [-0.2, -0.15) is 0 Å². The second-order valence-electron chi connectivity index (χ2n) is 6.72. The van der Waals surface area contributed by atoms with E-state index in [0.717, 1.165) is 19.6 Å². The summed E-state index contributed by atoms with van der Waals surface area (Å²) in [4.78, 5) is 4.79. The van der Waals surface area contributed by atoms with Crippen molar-refractivity contribution in [1.82, 2.24) is 15.1 Å². The van der Waals surface area contributed by atoms with Gasteiger partial charge in [-0.15, -0.1) is 0 Å². The molecule has 2 N–H and O–H groups in total. The van der Waals surface area contributed by atoms with E-state index < -0.39 is 0 Å². The lowest BCUT2D eigenvalue weighted by Crippen LogP contribution is -2.56. The minimum atomic E-state index is -0.199. The highest BCUT2D eigenvalue weighted by molar-refractivity contribution is 4.93. The van der Waals surface area contributed by atoms with Crippen molar-refractivity contribution in [2.45, 2.75) is 45.3 Å². The van der Waals surface area contributed by atoms with Gasteiger partial charge in [0, 0.05) is 31.7 Å². The summed E-state index contributed by atoms with van der Waals surface area (Å²) in [5, 5.41) is 13.1. The van der Waals surface area contributed by atoms with Crippen LogP contribution >= 0.6 is 0 Å². The number of rotatable bonds is 6. The zero-order valence-corrected chi connectivity index (χ0v) is 12.9. The van der Waals surface area contributed by atoms with Crippen molar-refractivity contribution in [3.05, 3.63) is 0 Å². The summed E-state index contributed by atoms with van der Waals surface area (Å²) in [6.45, 7) is 12.0. The number of nitrogens with one attached hydrogen (secondary N) is 1. The van der Waals surface area contributed by atoms with Crippen molar-refractivity contribution < 1.29 is 5.11 Å². The fourth-order valence-electron chi connectivity index (χ4n) is 3.18. The van der Waals surface area contributed by atoms with Crippen LogP contribution in [0.15, 0.2) is 0 Å². The molecule has 4 nitrogen and oxygen atoms in total. The molecule has 1 aliphatic heterocycles. The van der Waals surface area contributed by atoms with Gasteiger partial charge in [0.2, 0.25) is 0 Å². The SMILES string of the molecule is CC(C)NC(C)(CO)CN1CC(C)C(N(C)C)C1. The van der Waals surface area contributed by atoms with Gasteiger partial charge in [-0.3, -0.25) is 4.90 Å². The van der Waals surface area contributed by atoms with Crippen LogP contribution in [0.3, 0.4) is 0 Å². The second kappa shape index (κ2) is 6.33. The number of hydrogen-bond donors (Lipinski definition) is 2. The van der Waals surface area contributed by atoms with Crippen LogP contribution in [-0.2, 0) is 0 Å². The Morgan fingerprint density at radius 3 is 2.39 bits per heavy atom. The van der Waals surface area contributed by atoms with Crippen LogP contribution in [0.25, 0.3) is 0 Å². The molecule has 0 aromatic carbocycles. The average Bonchev–Trinajstić information content (AvgIpc) is 2.58. The molecule has 108 valence electrons. The Bertz CT molecular complexity index is 257. The maximum absolute atomic E-state index is 9.64. The van der Waals surface area contributed by atoms with Crippen molar-refractivity contribution >= 4 is 0 Å². The summed E-state index contributed by atoms with van der Waals surface area (Å²) in [5.41, 5.74) is -0.199. The van der Waals surface area contributed by atoms with Gasteiger partial charge in [0.15, 0.2) is 0 Å². The molecular formula is C14H31N3O. The summed E-state index contributed by atoms with van der Waals surface area (Å²) < 4.78 is 0. The molecule has 1 fully saturated rings. The fraction of sp³-hybridized carbons (Fsp3) is 1.00. The Morgan fingerprint density at radius 2 is 2.00 bits per heavy atom. The van der Waals surface area contributed by atoms with Gasteiger partial charge in [-0.25, -0.2) is 0 Å². The van der Waals surface area contributed by atoms with E-state index in [1.807, 2.05) is 0 Å². The molecule has 0 aromatic rings. The number of likely N-dealkylation sites (tertiary alicyclic amines) is 1. The van der Waals surface area contributed by atoms with Crippen molar-refractivity contribution in [2.24, 2.45) is 5.92 Å². The maximum atomic E-state index is 9.64. The molecule has 1 saturated heterocycles. The van der Waals surface area contributed by atoms with Gasteiger partial charge in [0.05, 0.1) is 12.1 Å². The first-order valence-electron chi connectivity index (χ1n) is 7.05. The number of hydrogen-bond acceptors (Lipinski definition) is 4. The minimum absolute atomic E-state index is 0.183. The molecule has 0 bridgehead atoms. The molecule has 0 saturated carbocycles. The standard InChI is InChI=1S/C14H31N3O/c1-11(2)15-14(4,10-18)9-17-7-12(3)13(8-17)16(5)6/h11-13,15,18H,7-10H2,1-6H3. The van der Waals surface area contributed by atoms with Gasteiger partial charge in [-0.1, -0.05) is 20.8 Å². The van der Waals surface area contributed by atoms with E-state index in [9.17, 15) is 5.11 Å². The van der Waals surface area contributed by atoms with Crippen molar-refractivity contribution in [3.8, 4) is 0 Å². The Kier molecular flexibility index (Phi) is 5.59. The lowest BCUT2D eigenvalue weighted by atomic mass is 10.0. The van der Waals surface area contributed by atoms with Crippen molar-refractivity contribution in [1.29, 1.82) is 0 Å². The molecule has 1 heterocycles. The Morgan fingerprint density at radius 1 is 1.39 bits per heavy atom. The zero-order chi connectivity index (χ0) is 13.9. The monoisotopic (exact) mass is 257 g/mol.